The van der Waals surface area contributed by atoms with Crippen LogP contribution in [0.1, 0.15) is 0 Å². The molecule has 0 heterocycles. The molecule has 0 unspecified atom stereocenters. The average Bonchev–Trinajstić information content (AvgIpc) is 2.84. The van der Waals surface area contributed by atoms with Crippen molar-refractivity contribution in [1.82, 2.24) is 0 Å². The summed E-state index contributed by atoms with van der Waals surface area (Å²) in [7, 11) is 5.90. The summed E-state index contributed by atoms with van der Waals surface area (Å²) in [4.78, 5) is 24.9. The first kappa shape index (κ1) is 26.7. The lowest BCUT2D eigenvalue weighted by atomic mass is 10.2. The van der Waals surface area contributed by atoms with Crippen molar-refractivity contribution in [2.24, 2.45) is 0 Å². The lowest BCUT2D eigenvalue weighted by Gasteiger charge is -2.14. The van der Waals surface area contributed by atoms with Crippen molar-refractivity contribution in [2.45, 2.75) is 0 Å². The van der Waals surface area contributed by atoms with Crippen LogP contribution in [0.4, 0.5) is 11.4 Å². The van der Waals surface area contributed by atoms with Gasteiger partial charge in [0.1, 0.15) is 0 Å². The summed E-state index contributed by atoms with van der Waals surface area (Å²) in [6.07, 6.45) is 0. The first-order chi connectivity index (χ1) is 16.5. The lowest BCUT2D eigenvalue weighted by molar-refractivity contribution is -0.133. The van der Waals surface area contributed by atoms with E-state index in [1.807, 2.05) is 0 Å². The second-order valence-corrected chi connectivity index (χ2v) is 6.43. The molecule has 0 aromatic heterocycles. The summed E-state index contributed by atoms with van der Waals surface area (Å²) in [5.41, 5.74) is 0.618. The molecule has 0 bridgehead atoms. The minimum absolute atomic E-state index is 0.00281. The van der Waals surface area contributed by atoms with Gasteiger partial charge in [-0.15, -0.1) is 0 Å². The number of benzene rings is 2. The van der Waals surface area contributed by atoms with Crippen molar-refractivity contribution >= 4 is 23.2 Å². The maximum Gasteiger partial charge on any atom is 0.314 e. The van der Waals surface area contributed by atoms with Gasteiger partial charge in [-0.25, -0.2) is 0 Å². The van der Waals surface area contributed by atoms with E-state index in [4.69, 9.17) is 37.9 Å². The number of hydrogen-bond acceptors (Lipinski definition) is 10. The molecule has 0 aliphatic rings. The largest absolute Gasteiger partial charge is 0.464 e. The molecule has 2 aromatic carbocycles. The van der Waals surface area contributed by atoms with E-state index in [1.165, 1.54) is 40.6 Å². The molecule has 2 rings (SSSR count). The summed E-state index contributed by atoms with van der Waals surface area (Å²) >= 11 is 0. The minimum Gasteiger partial charge on any atom is -0.464 e. The van der Waals surface area contributed by atoms with E-state index in [0.29, 0.717) is 34.4 Å². The standard InChI is InChI=1S/C22H28N2O10/c1-27-11-31-17-7-5-15(9-19(17)33-13-29-3)23-21(25)22(26)24-16-6-8-18(32-12-28-2)20(10-16)34-14-30-4/h5-10H,11-14H2,1-4H3,(H,23,25)(H,24,26). The second-order valence-electron chi connectivity index (χ2n) is 6.43. The molecule has 0 saturated heterocycles. The Kier molecular flexibility index (Phi) is 11.4. The Labute approximate surface area is 196 Å². The monoisotopic (exact) mass is 480 g/mol. The third-order valence-corrected chi connectivity index (χ3v) is 3.94. The first-order valence-electron chi connectivity index (χ1n) is 9.89. The van der Waals surface area contributed by atoms with Crippen LogP contribution in [0.25, 0.3) is 0 Å². The smallest absolute Gasteiger partial charge is 0.314 e. The van der Waals surface area contributed by atoms with Crippen molar-refractivity contribution in [3.63, 3.8) is 0 Å². The Morgan fingerprint density at radius 3 is 1.21 bits per heavy atom. The van der Waals surface area contributed by atoms with Crippen LogP contribution >= 0.6 is 0 Å². The van der Waals surface area contributed by atoms with E-state index < -0.39 is 11.8 Å². The van der Waals surface area contributed by atoms with Crippen molar-refractivity contribution in [3.8, 4) is 23.0 Å². The first-order valence-corrected chi connectivity index (χ1v) is 9.89. The Balaban J connectivity index is 2.08. The molecule has 2 aromatic rings. The highest BCUT2D eigenvalue weighted by molar-refractivity contribution is 6.43. The molecule has 34 heavy (non-hydrogen) atoms. The van der Waals surface area contributed by atoms with E-state index in [-0.39, 0.29) is 27.2 Å². The van der Waals surface area contributed by atoms with E-state index in [2.05, 4.69) is 10.6 Å². The predicted octanol–water partition coefficient (Wildman–Crippen LogP) is 2.19. The molecule has 12 nitrogen and oxygen atoms in total. The van der Waals surface area contributed by atoms with Gasteiger partial charge in [0.2, 0.25) is 0 Å². The van der Waals surface area contributed by atoms with Crippen LogP contribution < -0.4 is 29.6 Å². The molecule has 0 radical (unpaired) electrons. The lowest BCUT2D eigenvalue weighted by Crippen LogP contribution is -2.29. The quantitative estimate of drug-likeness (QED) is 0.306. The molecule has 0 atom stereocenters. The van der Waals surface area contributed by atoms with Gasteiger partial charge in [-0.1, -0.05) is 0 Å². The van der Waals surface area contributed by atoms with Gasteiger partial charge in [0.25, 0.3) is 0 Å². The average molecular weight is 480 g/mol. The number of nitrogens with one attached hydrogen (secondary N) is 2. The molecular formula is C22H28N2O10. The molecule has 2 N–H and O–H groups in total. The zero-order chi connectivity index (χ0) is 24.8. The number of methoxy groups -OCH3 is 4. The normalized spacial score (nSPS) is 10.4. The Morgan fingerprint density at radius 2 is 0.882 bits per heavy atom. The van der Waals surface area contributed by atoms with Crippen LogP contribution in [0, 0.1) is 0 Å². The molecule has 2 amide bonds. The van der Waals surface area contributed by atoms with Gasteiger partial charge in [-0.3, -0.25) is 9.59 Å². The molecule has 12 heteroatoms. The number of ether oxygens (including phenoxy) is 8. The fourth-order valence-electron chi connectivity index (χ4n) is 2.50. The number of amides is 2. The Morgan fingerprint density at radius 1 is 0.559 bits per heavy atom. The highest BCUT2D eigenvalue weighted by atomic mass is 16.7. The van der Waals surface area contributed by atoms with E-state index in [0.717, 1.165) is 0 Å². The van der Waals surface area contributed by atoms with Crippen LogP contribution in [0.15, 0.2) is 36.4 Å². The zero-order valence-electron chi connectivity index (χ0n) is 19.4. The van der Waals surface area contributed by atoms with Gasteiger partial charge in [0.05, 0.1) is 0 Å². The topological polar surface area (TPSA) is 132 Å². The van der Waals surface area contributed by atoms with Crippen LogP contribution in [0.5, 0.6) is 23.0 Å². The summed E-state index contributed by atoms with van der Waals surface area (Å²) < 4.78 is 41.3. The van der Waals surface area contributed by atoms with Crippen molar-refractivity contribution < 1.29 is 47.5 Å². The maximum absolute atomic E-state index is 12.4. The third-order valence-electron chi connectivity index (χ3n) is 3.94. The van der Waals surface area contributed by atoms with Crippen LogP contribution in [-0.4, -0.2) is 67.4 Å². The van der Waals surface area contributed by atoms with E-state index in [1.54, 1.807) is 24.3 Å². The summed E-state index contributed by atoms with van der Waals surface area (Å²) in [5.74, 6) is -0.460. The number of hydrogen-bond donors (Lipinski definition) is 2. The fraction of sp³-hybridized carbons (Fsp3) is 0.364. The minimum atomic E-state index is -0.901. The molecule has 0 fully saturated rings. The number of rotatable bonds is 14. The van der Waals surface area contributed by atoms with Gasteiger partial charge in [0, 0.05) is 51.9 Å². The summed E-state index contributed by atoms with van der Waals surface area (Å²) in [5, 5.41) is 5.00. The molecule has 186 valence electrons. The maximum atomic E-state index is 12.4. The van der Waals surface area contributed by atoms with Crippen molar-refractivity contribution in [1.29, 1.82) is 0 Å². The fourth-order valence-corrected chi connectivity index (χ4v) is 2.50. The van der Waals surface area contributed by atoms with E-state index in [9.17, 15) is 9.59 Å². The van der Waals surface area contributed by atoms with Crippen LogP contribution in [-0.2, 0) is 28.5 Å². The zero-order valence-corrected chi connectivity index (χ0v) is 19.4. The van der Waals surface area contributed by atoms with Gasteiger partial charge in [-0.05, 0) is 24.3 Å². The highest BCUT2D eigenvalue weighted by Gasteiger charge is 2.17. The third kappa shape index (κ3) is 8.41. The number of carbonyl (C=O) groups is 2. The Hall–Kier alpha value is -3.58. The van der Waals surface area contributed by atoms with Crippen molar-refractivity contribution in [3.05, 3.63) is 36.4 Å². The number of carbonyl (C=O) groups excluding carboxylic acids is 2. The predicted molar refractivity (Wildman–Crippen MR) is 120 cm³/mol. The highest BCUT2D eigenvalue weighted by Crippen LogP contribution is 2.32. The molecule has 0 spiro atoms. The van der Waals surface area contributed by atoms with Crippen LogP contribution in [0.3, 0.4) is 0 Å². The Bertz CT molecular complexity index is 862. The second kappa shape index (κ2) is 14.5. The van der Waals surface area contributed by atoms with Crippen molar-refractivity contribution in [2.75, 3.05) is 66.2 Å². The molecule has 0 aliphatic heterocycles. The van der Waals surface area contributed by atoms with Gasteiger partial charge >= 0.3 is 11.8 Å². The number of anilines is 2. The molecular weight excluding hydrogens is 452 g/mol. The van der Waals surface area contributed by atoms with E-state index >= 15 is 0 Å². The van der Waals surface area contributed by atoms with Crippen LogP contribution in [0.2, 0.25) is 0 Å². The van der Waals surface area contributed by atoms with Gasteiger partial charge < -0.3 is 48.5 Å². The SMILES string of the molecule is COCOc1ccc(NC(=O)C(=O)Nc2ccc(OCOC)c(OCOC)c2)cc1OCOC. The summed E-state index contributed by atoms with van der Waals surface area (Å²) in [6.45, 7) is -0.0801. The van der Waals surface area contributed by atoms with Gasteiger partial charge in [0.15, 0.2) is 50.2 Å². The molecule has 0 saturated carbocycles. The molecule has 0 aliphatic carbocycles. The van der Waals surface area contributed by atoms with Gasteiger partial charge in [-0.2, -0.15) is 0 Å². The summed E-state index contributed by atoms with van der Waals surface area (Å²) in [6, 6.07) is 9.22.